The number of carboxylic acid groups (broad SMARTS) is 2. The van der Waals surface area contributed by atoms with Crippen LogP contribution in [0.4, 0.5) is 9.18 Å². The Balaban J connectivity index is 0.000000635. The summed E-state index contributed by atoms with van der Waals surface area (Å²) in [7, 11) is 2.16. The molecule has 0 fully saturated rings. The standard InChI is InChI=1S/C22H19FN2O4.C21H29N5O5S.C8H15N3O4.C5H7NO2.2C2H6.CH4/c1-10-6-18-20-14(8-25(18)21(26)15(10)9-29-22(27)28)13-5-3-4-12-11(2)16(23)7-17(24-20)19(12)13;1-3-32-25-17(12-22-10-9-20(29)30)21(31)26(32)14-19(28)23-13-18(27)24-15(2)11-16-7-5-4-6-8-16;1-6(8(14)9-2)15-5-11-7(13)3-10-4-12;1-6-5(8)3-2-4-7;2*1-2;/h6-7H,3-5,8-9H2,1-2H3,(H,27,28);3-8,15,17,22H,1,9-14H2,2H3,(H3,23,24,27,28,29,30);4,6H,3,5H2,1-2H3,(H,9,14)(H,10,12)(H,11,13);2-4H,1H3,(H,6,8);2*1-2H3;1H4/p+1/b;;;3-2-;;;. The molecule has 488 valence electrons. The lowest BCUT2D eigenvalue weighted by Crippen LogP contribution is -2.45. The summed E-state index contributed by atoms with van der Waals surface area (Å²) >= 11 is 0. The SMILES string of the molecule is C.C=CS1=[N+](CC(=O)NCC(=O)NC(C)Cc2ccccc2)C(=O)C(CNCCC(=O)O)N1.CC.CC.CNC(=O)/C=C\C=O.CNC(=O)C(C)OCNC(=O)CNC=O.Cc1cc2n(c(=O)c1COC(=O)O)Cc1c-2nc2cc(F)c(C)c3c2c1CCC3. The Hall–Kier alpha value is -8.86. The van der Waals surface area contributed by atoms with Crippen molar-refractivity contribution >= 4 is 82.0 Å². The molecule has 0 spiro atoms. The van der Waals surface area contributed by atoms with Crippen molar-refractivity contribution in [3.05, 3.63) is 122 Å². The van der Waals surface area contributed by atoms with Crippen molar-refractivity contribution in [2.24, 2.45) is 0 Å². The maximum Gasteiger partial charge on any atom is 0.506 e. The summed E-state index contributed by atoms with van der Waals surface area (Å²) < 4.78 is 30.1. The van der Waals surface area contributed by atoms with E-state index in [0.717, 1.165) is 64.7 Å². The highest BCUT2D eigenvalue weighted by atomic mass is 32.2. The Bertz CT molecular complexity index is 3250. The highest BCUT2D eigenvalue weighted by Crippen LogP contribution is 2.41. The van der Waals surface area contributed by atoms with Crippen LogP contribution in [0.25, 0.3) is 22.3 Å². The number of aliphatic carboxylic acids is 1. The van der Waals surface area contributed by atoms with Crippen molar-refractivity contribution < 1.29 is 76.0 Å². The Morgan fingerprint density at radius 1 is 0.921 bits per heavy atom. The lowest BCUT2D eigenvalue weighted by atomic mass is 9.85. The molecule has 4 unspecified atom stereocenters. The number of hydrogen-bond acceptors (Lipinski definition) is 16. The molecule has 4 heterocycles. The van der Waals surface area contributed by atoms with Crippen LogP contribution in [0, 0.1) is 19.7 Å². The number of likely N-dealkylation sites (N-methyl/N-ethyl adjacent to an activating group) is 2. The molecule has 26 nitrogen and oxygen atoms in total. The number of aromatic nitrogens is 2. The lowest BCUT2D eigenvalue weighted by molar-refractivity contribution is -0.411. The third kappa shape index (κ3) is 24.7. The van der Waals surface area contributed by atoms with Crippen molar-refractivity contribution in [1.82, 2.24) is 51.5 Å². The zero-order valence-electron chi connectivity index (χ0n) is 51.4. The van der Waals surface area contributed by atoms with Crippen LogP contribution >= 0.6 is 0 Å². The highest BCUT2D eigenvalue weighted by molar-refractivity contribution is 7.86. The molecule has 0 saturated carbocycles. The number of amides is 7. The summed E-state index contributed by atoms with van der Waals surface area (Å²) in [6, 6.07) is 12.4. The first-order valence-corrected chi connectivity index (χ1v) is 29.6. The second-order valence-corrected chi connectivity index (χ2v) is 20.5. The first-order chi connectivity index (χ1) is 42.1. The van der Waals surface area contributed by atoms with E-state index in [1.54, 1.807) is 23.8 Å². The van der Waals surface area contributed by atoms with Crippen LogP contribution in [0.2, 0.25) is 0 Å². The molecule has 0 saturated heterocycles. The monoisotopic (exact) mass is 1260 g/mol. The Morgan fingerprint density at radius 3 is 2.20 bits per heavy atom. The van der Waals surface area contributed by atoms with Crippen molar-refractivity contribution in [3.63, 3.8) is 0 Å². The van der Waals surface area contributed by atoms with E-state index in [9.17, 15) is 57.1 Å². The number of aryl methyl sites for hydroxylation is 3. The van der Waals surface area contributed by atoms with E-state index in [1.165, 1.54) is 24.1 Å². The molecule has 3 aliphatic rings. The van der Waals surface area contributed by atoms with Gasteiger partial charge in [0.15, 0.2) is 6.04 Å². The fourth-order valence-electron chi connectivity index (χ4n) is 8.77. The number of carboxylic acids is 1. The van der Waals surface area contributed by atoms with E-state index in [2.05, 4.69) is 53.3 Å². The molecule has 1 aliphatic carbocycles. The topological polar surface area (TPSA) is 364 Å². The predicted molar refractivity (Wildman–Crippen MR) is 336 cm³/mol. The molecule has 28 heteroatoms. The van der Waals surface area contributed by atoms with E-state index in [0.29, 0.717) is 53.6 Å². The molecule has 4 atom stereocenters. The van der Waals surface area contributed by atoms with Crippen LogP contribution in [0.5, 0.6) is 0 Å². The summed E-state index contributed by atoms with van der Waals surface area (Å²) in [6.45, 7) is 18.7. The number of carbonyl (C=O) groups is 10. The first kappa shape index (κ1) is 78.2. The van der Waals surface area contributed by atoms with Gasteiger partial charge in [0.25, 0.3) is 11.5 Å². The summed E-state index contributed by atoms with van der Waals surface area (Å²) in [5, 5.41) is 37.6. The zero-order valence-corrected chi connectivity index (χ0v) is 52.2. The van der Waals surface area contributed by atoms with Gasteiger partial charge < -0.3 is 61.5 Å². The molecule has 10 N–H and O–H groups in total. The number of pyridine rings is 2. The number of rotatable bonds is 24. The van der Waals surface area contributed by atoms with Crippen LogP contribution < -0.4 is 47.5 Å². The second kappa shape index (κ2) is 41.3. The van der Waals surface area contributed by atoms with E-state index < -0.39 is 41.1 Å². The van der Waals surface area contributed by atoms with Crippen LogP contribution in [0.3, 0.4) is 0 Å². The molecule has 7 rings (SSSR count). The molecule has 0 bridgehead atoms. The first-order valence-electron chi connectivity index (χ1n) is 28.4. The van der Waals surface area contributed by atoms with Gasteiger partial charge in [-0.3, -0.25) is 43.2 Å². The molecule has 7 amide bonds. The van der Waals surface area contributed by atoms with Crippen LogP contribution in [-0.2, 0) is 95.9 Å². The van der Waals surface area contributed by atoms with Gasteiger partial charge in [-0.2, -0.15) is 4.72 Å². The highest BCUT2D eigenvalue weighted by Gasteiger charge is 2.40. The molecule has 2 aromatic carbocycles. The minimum atomic E-state index is -1.42. The van der Waals surface area contributed by atoms with E-state index in [1.807, 2.05) is 77.9 Å². The maximum atomic E-state index is 14.5. The van der Waals surface area contributed by atoms with Crippen LogP contribution in [-0.4, -0.2) is 156 Å². The van der Waals surface area contributed by atoms with E-state index in [4.69, 9.17) is 19.9 Å². The summed E-state index contributed by atoms with van der Waals surface area (Å²) in [4.78, 5) is 128. The predicted octanol–water partition coefficient (Wildman–Crippen LogP) is 3.28. The Labute approximate surface area is 520 Å². The number of nitrogens with one attached hydrogen (secondary N) is 8. The number of halogens is 1. The molecule has 2 aromatic heterocycles. The van der Waals surface area contributed by atoms with Gasteiger partial charge in [0.05, 0.1) is 48.5 Å². The average Bonchev–Trinajstić information content (AvgIpc) is 1.67. The largest absolute Gasteiger partial charge is 0.506 e. The third-order valence-corrected chi connectivity index (χ3v) is 14.5. The normalized spacial score (nSPS) is 14.2. The molecule has 0 radical (unpaired) electrons. The second-order valence-electron chi connectivity index (χ2n) is 18.8. The summed E-state index contributed by atoms with van der Waals surface area (Å²) in [6.07, 6.45) is 4.49. The number of allylic oxidation sites excluding steroid dienone is 1. The fraction of sp³-hybridized carbons (Fsp3) is 0.443. The molecule has 2 aliphatic heterocycles. The van der Waals surface area contributed by atoms with E-state index in [-0.39, 0.29) is 107 Å². The van der Waals surface area contributed by atoms with Gasteiger partial charge in [-0.1, -0.05) is 72.0 Å². The van der Waals surface area contributed by atoms with Crippen LogP contribution in [0.1, 0.15) is 101 Å². The van der Waals surface area contributed by atoms with Crippen molar-refractivity contribution in [2.45, 2.75) is 126 Å². The number of hydrogen-bond donors (Lipinski definition) is 10. The van der Waals surface area contributed by atoms with Gasteiger partial charge in [-0.15, -0.1) is 3.95 Å². The van der Waals surface area contributed by atoms with Gasteiger partial charge >= 0.3 is 18.0 Å². The van der Waals surface area contributed by atoms with Gasteiger partial charge in [0, 0.05) is 61.7 Å². The van der Waals surface area contributed by atoms with Crippen molar-refractivity contribution in [1.29, 1.82) is 0 Å². The minimum absolute atomic E-state index is 0. The lowest BCUT2D eigenvalue weighted by Gasteiger charge is -2.21. The maximum absolute atomic E-state index is 14.5. The fourth-order valence-corrected chi connectivity index (χ4v) is 10.2. The smallest absolute Gasteiger partial charge is 0.481 e. The minimum Gasteiger partial charge on any atom is -0.481 e. The Kier molecular flexibility index (Phi) is 36.3. The number of nitrogens with zero attached hydrogens (tertiary/aromatic N) is 3. The molecule has 89 heavy (non-hydrogen) atoms. The molecule has 4 aromatic rings. The van der Waals surface area contributed by atoms with Crippen molar-refractivity contribution in [2.75, 3.05) is 53.5 Å². The van der Waals surface area contributed by atoms with E-state index >= 15 is 0 Å². The number of fused-ring (bicyclic) bond motifs is 4. The number of benzene rings is 2. The van der Waals surface area contributed by atoms with Gasteiger partial charge in [0.1, 0.15) is 42.4 Å². The average molecular weight is 1270 g/mol. The van der Waals surface area contributed by atoms with Crippen LogP contribution in [0.15, 0.2) is 71.4 Å². The number of aldehydes is 1. The number of carbonyl (C=O) groups excluding carboxylic acids is 8. The quantitative estimate of drug-likeness (QED) is 0.0106. The Morgan fingerprint density at radius 2 is 1.60 bits per heavy atom. The molecular formula is C61H87FN11O15S+. The summed E-state index contributed by atoms with van der Waals surface area (Å²) in [5.41, 5.74) is 7.71. The molecular weight excluding hydrogens is 1180 g/mol. The van der Waals surface area contributed by atoms with Gasteiger partial charge in [-0.05, 0) is 93.3 Å². The third-order valence-electron chi connectivity index (χ3n) is 12.9. The van der Waals surface area contributed by atoms with Gasteiger partial charge in [-0.25, -0.2) is 19.0 Å². The summed E-state index contributed by atoms with van der Waals surface area (Å²) in [5.74, 6) is -3.14. The number of ether oxygens (including phenoxy) is 2. The van der Waals surface area contributed by atoms with Crippen molar-refractivity contribution in [3.8, 4) is 11.4 Å². The van der Waals surface area contributed by atoms with Gasteiger partial charge in [0.2, 0.25) is 36.6 Å². The zero-order chi connectivity index (χ0) is 66.0.